The van der Waals surface area contributed by atoms with Crippen LogP contribution < -0.4 is 0 Å². The van der Waals surface area contributed by atoms with Crippen LogP contribution in [0.2, 0.25) is 0 Å². The maximum Gasteiger partial charge on any atom is 0.314 e. The molecule has 136 valence electrons. The summed E-state index contributed by atoms with van der Waals surface area (Å²) in [5.74, 6) is -1.06. The number of carbonyl (C=O) groups is 3. The van der Waals surface area contributed by atoms with E-state index in [0.717, 1.165) is 0 Å². The van der Waals surface area contributed by atoms with E-state index in [-0.39, 0.29) is 36.2 Å². The summed E-state index contributed by atoms with van der Waals surface area (Å²) in [5.41, 5.74) is -0.0864. The molecule has 0 atom stereocenters. The smallest absolute Gasteiger partial charge is 0.314 e. The highest BCUT2D eigenvalue weighted by Crippen LogP contribution is 2.35. The van der Waals surface area contributed by atoms with Crippen molar-refractivity contribution in [1.82, 2.24) is 4.90 Å². The molecule has 0 aromatic rings. The zero-order chi connectivity index (χ0) is 17.7. The second-order valence-corrected chi connectivity index (χ2v) is 7.53. The molecule has 1 heterocycles. The lowest BCUT2D eigenvalue weighted by molar-refractivity contribution is -0.170. The van der Waals surface area contributed by atoms with E-state index < -0.39 is 11.9 Å². The third kappa shape index (κ3) is 5.87. The van der Waals surface area contributed by atoms with Gasteiger partial charge in [-0.1, -0.05) is 6.92 Å². The lowest BCUT2D eigenvalue weighted by Crippen LogP contribution is -2.43. The molecule has 7 heteroatoms. The normalized spacial score (nSPS) is 24.7. The van der Waals surface area contributed by atoms with Crippen molar-refractivity contribution >= 4 is 17.9 Å². The van der Waals surface area contributed by atoms with E-state index in [9.17, 15) is 14.4 Å². The third-order valence-electron chi connectivity index (χ3n) is 4.41. The maximum absolute atomic E-state index is 11.8. The fraction of sp³-hybridized carbons (Fsp3) is 0.824. The van der Waals surface area contributed by atoms with Crippen LogP contribution in [0, 0.1) is 11.3 Å². The zero-order valence-corrected chi connectivity index (χ0v) is 14.7. The van der Waals surface area contributed by atoms with Gasteiger partial charge < -0.3 is 19.1 Å². The van der Waals surface area contributed by atoms with Gasteiger partial charge in [0, 0.05) is 18.4 Å². The Bertz CT molecular complexity index is 479. The second-order valence-electron chi connectivity index (χ2n) is 7.53. The van der Waals surface area contributed by atoms with E-state index in [2.05, 4.69) is 0 Å². The van der Waals surface area contributed by atoms with Crippen LogP contribution in [-0.4, -0.2) is 62.8 Å². The fourth-order valence-corrected chi connectivity index (χ4v) is 2.84. The largest absolute Gasteiger partial charge is 0.462 e. The van der Waals surface area contributed by atoms with Gasteiger partial charge in [-0.15, -0.1) is 0 Å². The fourth-order valence-electron chi connectivity index (χ4n) is 2.84. The lowest BCUT2D eigenvalue weighted by Gasteiger charge is -2.39. The topological polar surface area (TPSA) is 82.1 Å². The molecule has 0 aromatic carbocycles. The molecule has 1 aliphatic heterocycles. The number of rotatable bonds is 8. The predicted octanol–water partition coefficient (Wildman–Crippen LogP) is 1.15. The second kappa shape index (κ2) is 8.07. The average Bonchev–Trinajstić information content (AvgIpc) is 2.41. The van der Waals surface area contributed by atoms with E-state index in [1.54, 1.807) is 0 Å². The Labute approximate surface area is 142 Å². The maximum atomic E-state index is 11.8. The van der Waals surface area contributed by atoms with Crippen LogP contribution in [0.3, 0.4) is 0 Å². The van der Waals surface area contributed by atoms with Gasteiger partial charge in [0.05, 0.1) is 26.1 Å². The quantitative estimate of drug-likeness (QED) is 0.484. The summed E-state index contributed by atoms with van der Waals surface area (Å²) >= 11 is 0. The number of nitrogens with zero attached hydrogens (tertiary/aromatic N) is 1. The zero-order valence-electron chi connectivity index (χ0n) is 14.7. The van der Waals surface area contributed by atoms with Gasteiger partial charge in [-0.05, 0) is 32.9 Å². The first kappa shape index (κ1) is 18.9. The Morgan fingerprint density at radius 3 is 2.33 bits per heavy atom. The van der Waals surface area contributed by atoms with Crippen LogP contribution in [0.5, 0.6) is 0 Å². The summed E-state index contributed by atoms with van der Waals surface area (Å²) in [6, 6.07) is 0. The molecular weight excluding hydrogens is 314 g/mol. The van der Waals surface area contributed by atoms with Crippen molar-refractivity contribution in [3.8, 4) is 0 Å². The van der Waals surface area contributed by atoms with E-state index in [0.29, 0.717) is 39.0 Å². The molecule has 0 aromatic heterocycles. The molecule has 24 heavy (non-hydrogen) atoms. The van der Waals surface area contributed by atoms with Gasteiger partial charge >= 0.3 is 17.9 Å². The van der Waals surface area contributed by atoms with Crippen LogP contribution in [0.25, 0.3) is 0 Å². The van der Waals surface area contributed by atoms with Crippen LogP contribution in [0.1, 0.15) is 39.0 Å². The molecule has 7 nitrogen and oxygen atoms in total. The standard InChI is InChI=1S/C17H27NO6/c1-17(10-22-11-17)9-16(21)23-13-6-12(7-13)8-15(20)24-14(19)4-5-18(2)3/h12-13H,4-11H2,1-3H3. The molecule has 2 rings (SSSR count). The molecular formula is C17H27NO6. The van der Waals surface area contributed by atoms with E-state index in [1.165, 1.54) is 0 Å². The molecule has 0 spiro atoms. The molecule has 1 aliphatic carbocycles. The minimum Gasteiger partial charge on any atom is -0.462 e. The molecule has 1 saturated heterocycles. The number of carbonyl (C=O) groups excluding carboxylic acids is 3. The summed E-state index contributed by atoms with van der Waals surface area (Å²) in [6.45, 7) is 3.76. The molecule has 0 N–H and O–H groups in total. The van der Waals surface area contributed by atoms with Gasteiger partial charge in [-0.3, -0.25) is 14.4 Å². The van der Waals surface area contributed by atoms with Crippen molar-refractivity contribution in [2.45, 2.75) is 45.1 Å². The van der Waals surface area contributed by atoms with Crippen LogP contribution in [0.15, 0.2) is 0 Å². The van der Waals surface area contributed by atoms with E-state index >= 15 is 0 Å². The molecule has 0 unspecified atom stereocenters. The summed E-state index contributed by atoms with van der Waals surface area (Å²) < 4.78 is 15.3. The first-order valence-electron chi connectivity index (χ1n) is 8.41. The predicted molar refractivity (Wildman–Crippen MR) is 85.0 cm³/mol. The first-order valence-corrected chi connectivity index (χ1v) is 8.41. The van der Waals surface area contributed by atoms with E-state index in [4.69, 9.17) is 14.2 Å². The Balaban J connectivity index is 1.56. The first-order chi connectivity index (χ1) is 11.3. The number of hydrogen-bond donors (Lipinski definition) is 0. The Morgan fingerprint density at radius 2 is 1.79 bits per heavy atom. The SMILES string of the molecule is CN(C)CCC(=O)OC(=O)CC1CC(OC(=O)CC2(C)COC2)C1. The van der Waals surface area contributed by atoms with Crippen molar-refractivity contribution in [2.75, 3.05) is 33.9 Å². The minimum absolute atomic E-state index is 0.0864. The van der Waals surface area contributed by atoms with E-state index in [1.807, 2.05) is 25.9 Å². The van der Waals surface area contributed by atoms with Gasteiger partial charge in [-0.25, -0.2) is 0 Å². The molecule has 0 amide bonds. The summed E-state index contributed by atoms with van der Waals surface area (Å²) in [7, 11) is 3.70. The Morgan fingerprint density at radius 1 is 1.12 bits per heavy atom. The van der Waals surface area contributed by atoms with Gasteiger partial charge in [-0.2, -0.15) is 0 Å². The van der Waals surface area contributed by atoms with Crippen molar-refractivity contribution in [2.24, 2.45) is 11.3 Å². The number of esters is 3. The Kier molecular flexibility index (Phi) is 6.34. The van der Waals surface area contributed by atoms with Crippen molar-refractivity contribution in [1.29, 1.82) is 0 Å². The summed E-state index contributed by atoms with van der Waals surface area (Å²) in [6.07, 6.45) is 1.96. The van der Waals surface area contributed by atoms with Gasteiger partial charge in [0.25, 0.3) is 0 Å². The third-order valence-corrected chi connectivity index (χ3v) is 4.41. The molecule has 2 aliphatic rings. The lowest BCUT2D eigenvalue weighted by atomic mass is 9.80. The number of hydrogen-bond acceptors (Lipinski definition) is 7. The van der Waals surface area contributed by atoms with Crippen molar-refractivity contribution in [3.05, 3.63) is 0 Å². The molecule has 1 saturated carbocycles. The monoisotopic (exact) mass is 341 g/mol. The molecule has 0 radical (unpaired) electrons. The Hall–Kier alpha value is -1.47. The van der Waals surface area contributed by atoms with Crippen LogP contribution in [0.4, 0.5) is 0 Å². The molecule has 0 bridgehead atoms. The highest BCUT2D eigenvalue weighted by atomic mass is 16.6. The summed E-state index contributed by atoms with van der Waals surface area (Å²) in [5, 5.41) is 0. The van der Waals surface area contributed by atoms with Gasteiger partial charge in [0.15, 0.2) is 0 Å². The highest BCUT2D eigenvalue weighted by Gasteiger charge is 2.39. The highest BCUT2D eigenvalue weighted by molar-refractivity contribution is 5.85. The molecule has 2 fully saturated rings. The average molecular weight is 341 g/mol. The van der Waals surface area contributed by atoms with Gasteiger partial charge in [0.1, 0.15) is 6.10 Å². The number of ether oxygens (including phenoxy) is 3. The van der Waals surface area contributed by atoms with Crippen LogP contribution in [-0.2, 0) is 28.6 Å². The summed E-state index contributed by atoms with van der Waals surface area (Å²) in [4.78, 5) is 36.9. The van der Waals surface area contributed by atoms with Crippen molar-refractivity contribution < 1.29 is 28.6 Å². The van der Waals surface area contributed by atoms with Crippen LogP contribution >= 0.6 is 0 Å². The van der Waals surface area contributed by atoms with Crippen molar-refractivity contribution in [3.63, 3.8) is 0 Å². The minimum atomic E-state index is -0.494. The van der Waals surface area contributed by atoms with Gasteiger partial charge in [0.2, 0.25) is 0 Å².